The van der Waals surface area contributed by atoms with Crippen LogP contribution in [-0.2, 0) is 30.7 Å². The Hall–Kier alpha value is -2.73. The molecule has 2 heterocycles. The molecule has 1 amide bonds. The molecule has 0 aliphatic rings. The average Bonchev–Trinajstić information content (AvgIpc) is 2.79. The number of carbonyl (C=O) groups is 1. The van der Waals surface area contributed by atoms with Crippen LogP contribution in [0.4, 0.5) is 0 Å². The van der Waals surface area contributed by atoms with Crippen LogP contribution in [0, 0.1) is 13.8 Å². The zero-order valence-electron chi connectivity index (χ0n) is 18.8. The lowest BCUT2D eigenvalue weighted by Gasteiger charge is -2.23. The van der Waals surface area contributed by atoms with Crippen molar-refractivity contribution in [1.82, 2.24) is 19.9 Å². The third-order valence-corrected chi connectivity index (χ3v) is 5.97. The molecule has 3 aromatic rings. The number of amides is 1. The number of hydrogen-bond donors (Lipinski definition) is 0. The monoisotopic (exact) mass is 434 g/mol. The van der Waals surface area contributed by atoms with Crippen molar-refractivity contribution in [2.24, 2.45) is 0 Å². The van der Waals surface area contributed by atoms with Gasteiger partial charge in [0.1, 0.15) is 0 Å². The van der Waals surface area contributed by atoms with Crippen molar-refractivity contribution in [3.05, 3.63) is 82.4 Å². The van der Waals surface area contributed by atoms with Gasteiger partial charge >= 0.3 is 0 Å². The maximum absolute atomic E-state index is 13.3. The molecule has 3 rings (SSSR count). The fourth-order valence-corrected chi connectivity index (χ4v) is 4.05. The van der Waals surface area contributed by atoms with E-state index in [0.717, 1.165) is 39.7 Å². The van der Waals surface area contributed by atoms with Gasteiger partial charge in [0.25, 0.3) is 0 Å². The smallest absolute Gasteiger partial charge is 0.223 e. The van der Waals surface area contributed by atoms with Gasteiger partial charge in [-0.1, -0.05) is 49.0 Å². The molecule has 0 fully saturated rings. The molecule has 1 aromatic carbocycles. The Balaban J connectivity index is 1.75. The Morgan fingerprint density at radius 2 is 1.61 bits per heavy atom. The number of benzene rings is 1. The molecule has 5 nitrogen and oxygen atoms in total. The van der Waals surface area contributed by atoms with E-state index in [1.54, 1.807) is 6.20 Å². The molecule has 0 atom stereocenters. The Bertz CT molecular complexity index is 983. The summed E-state index contributed by atoms with van der Waals surface area (Å²) in [7, 11) is 0. The quantitative estimate of drug-likeness (QED) is 0.353. The second-order valence-electron chi connectivity index (χ2n) is 7.64. The number of pyridine rings is 1. The first-order chi connectivity index (χ1) is 15.0. The predicted octanol–water partition coefficient (Wildman–Crippen LogP) is 4.93. The van der Waals surface area contributed by atoms with E-state index < -0.39 is 0 Å². The van der Waals surface area contributed by atoms with Gasteiger partial charge in [-0.2, -0.15) is 0 Å². The molecule has 6 heteroatoms. The lowest BCUT2D eigenvalue weighted by Crippen LogP contribution is -2.30. The van der Waals surface area contributed by atoms with Crippen LogP contribution in [0.5, 0.6) is 0 Å². The number of rotatable bonds is 9. The SMILES string of the molecule is CCc1ccc(CN(Cc2cccnc2)C(=O)CCc2c(C)nc(SC)nc2C)cc1. The van der Waals surface area contributed by atoms with Gasteiger partial charge in [0.15, 0.2) is 5.16 Å². The maximum Gasteiger partial charge on any atom is 0.223 e. The minimum Gasteiger partial charge on any atom is -0.334 e. The Labute approximate surface area is 189 Å². The summed E-state index contributed by atoms with van der Waals surface area (Å²) >= 11 is 1.54. The lowest BCUT2D eigenvalue weighted by atomic mass is 10.1. The van der Waals surface area contributed by atoms with Crippen molar-refractivity contribution in [2.75, 3.05) is 6.26 Å². The third kappa shape index (κ3) is 6.37. The van der Waals surface area contributed by atoms with Crippen LogP contribution in [0.25, 0.3) is 0 Å². The first-order valence-corrected chi connectivity index (χ1v) is 11.8. The van der Waals surface area contributed by atoms with Crippen LogP contribution in [0.1, 0.15) is 47.0 Å². The zero-order chi connectivity index (χ0) is 22.2. The van der Waals surface area contributed by atoms with Gasteiger partial charge in [-0.05, 0) is 61.3 Å². The van der Waals surface area contributed by atoms with Gasteiger partial charge in [0.2, 0.25) is 5.91 Å². The second kappa shape index (κ2) is 11.0. The molecule has 0 saturated heterocycles. The molecule has 0 bridgehead atoms. The molecule has 0 unspecified atom stereocenters. The summed E-state index contributed by atoms with van der Waals surface area (Å²) in [5.74, 6) is 0.121. The molecule has 0 N–H and O–H groups in total. The van der Waals surface area contributed by atoms with Crippen LogP contribution >= 0.6 is 11.8 Å². The van der Waals surface area contributed by atoms with E-state index >= 15 is 0 Å². The number of aryl methyl sites for hydroxylation is 3. The summed E-state index contributed by atoms with van der Waals surface area (Å²) in [6.07, 6.45) is 7.63. The van der Waals surface area contributed by atoms with Gasteiger partial charge in [0, 0.05) is 43.3 Å². The van der Waals surface area contributed by atoms with Crippen LogP contribution in [0.3, 0.4) is 0 Å². The van der Waals surface area contributed by atoms with Gasteiger partial charge in [-0.3, -0.25) is 9.78 Å². The van der Waals surface area contributed by atoms with E-state index in [-0.39, 0.29) is 5.91 Å². The summed E-state index contributed by atoms with van der Waals surface area (Å²) in [5, 5.41) is 0.777. The third-order valence-electron chi connectivity index (χ3n) is 5.43. The highest BCUT2D eigenvalue weighted by Crippen LogP contribution is 2.19. The standard InChI is InChI=1S/C25H30N4OS/c1-5-20-8-10-21(11-9-20)16-29(17-22-7-6-14-26-15-22)24(30)13-12-23-18(2)27-25(31-4)28-19(23)3/h6-11,14-15H,5,12-13,16-17H2,1-4H3. The van der Waals surface area contributed by atoms with Crippen LogP contribution in [0.2, 0.25) is 0 Å². The fourth-order valence-electron chi connectivity index (χ4n) is 3.60. The molecule has 31 heavy (non-hydrogen) atoms. The van der Waals surface area contributed by atoms with Crippen molar-refractivity contribution in [2.45, 2.75) is 58.3 Å². The van der Waals surface area contributed by atoms with Crippen LogP contribution in [-0.4, -0.2) is 32.0 Å². The first kappa shape index (κ1) is 22.9. The van der Waals surface area contributed by atoms with E-state index in [0.29, 0.717) is 25.9 Å². The number of thioether (sulfide) groups is 1. The highest BCUT2D eigenvalue weighted by atomic mass is 32.2. The zero-order valence-corrected chi connectivity index (χ0v) is 19.6. The lowest BCUT2D eigenvalue weighted by molar-refractivity contribution is -0.132. The minimum atomic E-state index is 0.121. The Kier molecular flexibility index (Phi) is 8.18. The minimum absolute atomic E-state index is 0.121. The van der Waals surface area contributed by atoms with Crippen molar-refractivity contribution >= 4 is 17.7 Å². The largest absolute Gasteiger partial charge is 0.334 e. The highest BCUT2D eigenvalue weighted by Gasteiger charge is 2.17. The van der Waals surface area contributed by atoms with Crippen molar-refractivity contribution in [3.63, 3.8) is 0 Å². The molecular formula is C25H30N4OS. The van der Waals surface area contributed by atoms with Crippen LogP contribution in [0.15, 0.2) is 53.9 Å². The summed E-state index contributed by atoms with van der Waals surface area (Å²) in [5.41, 5.74) is 6.45. The van der Waals surface area contributed by atoms with Gasteiger partial charge < -0.3 is 4.90 Å². The summed E-state index contributed by atoms with van der Waals surface area (Å²) in [4.78, 5) is 28.5. The predicted molar refractivity (Wildman–Crippen MR) is 126 cm³/mol. The van der Waals surface area contributed by atoms with E-state index in [2.05, 4.69) is 46.1 Å². The highest BCUT2D eigenvalue weighted by molar-refractivity contribution is 7.98. The van der Waals surface area contributed by atoms with E-state index in [1.165, 1.54) is 17.3 Å². The molecular weight excluding hydrogens is 404 g/mol. The first-order valence-electron chi connectivity index (χ1n) is 10.6. The normalized spacial score (nSPS) is 10.8. The Morgan fingerprint density at radius 1 is 0.968 bits per heavy atom. The van der Waals surface area contributed by atoms with E-state index in [1.807, 2.05) is 43.3 Å². The Morgan fingerprint density at radius 3 is 2.19 bits per heavy atom. The van der Waals surface area contributed by atoms with E-state index in [9.17, 15) is 4.79 Å². The van der Waals surface area contributed by atoms with Crippen LogP contribution < -0.4 is 0 Å². The second-order valence-corrected chi connectivity index (χ2v) is 8.41. The molecule has 0 aliphatic heterocycles. The number of hydrogen-bond acceptors (Lipinski definition) is 5. The molecule has 162 valence electrons. The molecule has 0 saturated carbocycles. The van der Waals surface area contributed by atoms with Gasteiger partial charge in [-0.15, -0.1) is 0 Å². The maximum atomic E-state index is 13.3. The van der Waals surface area contributed by atoms with Gasteiger partial charge in [-0.25, -0.2) is 9.97 Å². The fraction of sp³-hybridized carbons (Fsp3) is 0.360. The number of carbonyl (C=O) groups excluding carboxylic acids is 1. The summed E-state index contributed by atoms with van der Waals surface area (Å²) in [6, 6.07) is 12.4. The molecule has 2 aromatic heterocycles. The topological polar surface area (TPSA) is 59.0 Å². The molecule has 0 spiro atoms. The summed E-state index contributed by atoms with van der Waals surface area (Å²) in [6.45, 7) is 7.26. The van der Waals surface area contributed by atoms with Crippen molar-refractivity contribution < 1.29 is 4.79 Å². The molecule has 0 aliphatic carbocycles. The number of nitrogens with zero attached hydrogens (tertiary/aromatic N) is 4. The van der Waals surface area contributed by atoms with Crippen molar-refractivity contribution in [1.29, 1.82) is 0 Å². The average molecular weight is 435 g/mol. The van der Waals surface area contributed by atoms with Crippen molar-refractivity contribution in [3.8, 4) is 0 Å². The van der Waals surface area contributed by atoms with E-state index in [4.69, 9.17) is 0 Å². The molecule has 0 radical (unpaired) electrons. The summed E-state index contributed by atoms with van der Waals surface area (Å²) < 4.78 is 0. The number of aromatic nitrogens is 3. The van der Waals surface area contributed by atoms with Gasteiger partial charge in [0.05, 0.1) is 0 Å².